The maximum absolute atomic E-state index is 13.3. The quantitative estimate of drug-likeness (QED) is 0.0614. The summed E-state index contributed by atoms with van der Waals surface area (Å²) in [6, 6.07) is 9.95. The first-order chi connectivity index (χ1) is 23.3. The Hall–Kier alpha value is -5.09. The fraction of sp³-hybridized carbons (Fsp3) is 0.312. The first-order valence-corrected chi connectivity index (χ1v) is 15.7. The van der Waals surface area contributed by atoms with E-state index in [1.54, 1.807) is 38.5 Å². The van der Waals surface area contributed by atoms with Gasteiger partial charge < -0.3 is 47.5 Å². The van der Waals surface area contributed by atoms with Gasteiger partial charge in [-0.05, 0) is 36.4 Å². The van der Waals surface area contributed by atoms with E-state index >= 15 is 0 Å². The first kappa shape index (κ1) is 35.8. The molecule has 256 valence electrons. The van der Waals surface area contributed by atoms with Crippen molar-refractivity contribution in [3.63, 3.8) is 0 Å². The van der Waals surface area contributed by atoms with Crippen LogP contribution in [0.15, 0.2) is 45.9 Å². The molecule has 0 aliphatic heterocycles. The molecule has 14 nitrogen and oxygen atoms in total. The van der Waals surface area contributed by atoms with Crippen LogP contribution in [-0.2, 0) is 4.84 Å². The topological polar surface area (TPSA) is 148 Å². The molecule has 0 saturated heterocycles. The Morgan fingerprint density at radius 2 is 1.17 bits per heavy atom. The van der Waals surface area contributed by atoms with Gasteiger partial charge in [0.15, 0.2) is 38.8 Å². The molecule has 0 bridgehead atoms. The molecular weight excluding hydrogens is 666 g/mol. The summed E-state index contributed by atoms with van der Waals surface area (Å²) in [5, 5.41) is 13.6. The van der Waals surface area contributed by atoms with E-state index in [0.717, 1.165) is 5.56 Å². The molecule has 0 aliphatic rings. The van der Waals surface area contributed by atoms with E-state index in [-0.39, 0.29) is 22.8 Å². The van der Waals surface area contributed by atoms with E-state index < -0.39 is 5.97 Å². The second-order valence-electron chi connectivity index (χ2n) is 9.29. The molecule has 1 aromatic heterocycles. The molecule has 0 atom stereocenters. The van der Waals surface area contributed by atoms with Crippen LogP contribution in [0.25, 0.3) is 10.6 Å². The minimum absolute atomic E-state index is 0.124. The Kier molecular flexibility index (Phi) is 12.4. The fourth-order valence-electron chi connectivity index (χ4n) is 4.55. The van der Waals surface area contributed by atoms with Gasteiger partial charge in [-0.15, -0.1) is 10.2 Å². The van der Waals surface area contributed by atoms with E-state index in [4.69, 9.17) is 47.5 Å². The molecule has 48 heavy (non-hydrogen) atoms. The number of rotatable bonds is 16. The number of ether oxygens (including phenoxy) is 9. The van der Waals surface area contributed by atoms with Crippen LogP contribution in [0.1, 0.15) is 15.9 Å². The molecule has 1 heterocycles. The smallest absolute Gasteiger partial charge is 0.366 e. The van der Waals surface area contributed by atoms with E-state index in [0.29, 0.717) is 60.9 Å². The van der Waals surface area contributed by atoms with Gasteiger partial charge in [0.25, 0.3) is 0 Å². The first-order valence-electron chi connectivity index (χ1n) is 13.9. The molecule has 0 radical (unpaired) electrons. The summed E-state index contributed by atoms with van der Waals surface area (Å²) in [6.45, 7) is 0. The molecule has 3 aromatic carbocycles. The number of methoxy groups -OCH3 is 9. The van der Waals surface area contributed by atoms with Crippen LogP contribution in [0.3, 0.4) is 0 Å². The second-order valence-corrected chi connectivity index (χ2v) is 11.5. The number of oxime groups is 1. The number of benzene rings is 3. The largest absolute Gasteiger partial charge is 0.493 e. The normalized spacial score (nSPS) is 11.0. The third-order valence-corrected chi connectivity index (χ3v) is 8.92. The average molecular weight is 702 g/mol. The lowest BCUT2D eigenvalue weighted by Gasteiger charge is -2.16. The SMILES string of the molecule is COc1cc(C(=O)O/N=C(/CSc2nnc(-c3cc(OC)c(OC)c(OC)c3)s2)c2ccc(OC)c(OC)c2OC)cc(OC)c1OC. The number of thioether (sulfide) groups is 1. The van der Waals surface area contributed by atoms with E-state index in [1.807, 2.05) is 0 Å². The van der Waals surface area contributed by atoms with E-state index in [2.05, 4.69) is 15.4 Å². The molecule has 0 aliphatic carbocycles. The fourth-order valence-corrected chi connectivity index (χ4v) is 6.33. The highest BCUT2D eigenvalue weighted by atomic mass is 32.2. The van der Waals surface area contributed by atoms with Crippen molar-refractivity contribution in [3.05, 3.63) is 47.5 Å². The van der Waals surface area contributed by atoms with Gasteiger partial charge >= 0.3 is 5.97 Å². The Bertz CT molecular complexity index is 1730. The van der Waals surface area contributed by atoms with Crippen molar-refractivity contribution in [2.75, 3.05) is 69.7 Å². The van der Waals surface area contributed by atoms with Crippen molar-refractivity contribution in [1.29, 1.82) is 0 Å². The van der Waals surface area contributed by atoms with Crippen LogP contribution in [0.2, 0.25) is 0 Å². The molecule has 0 unspecified atom stereocenters. The number of aromatic nitrogens is 2. The predicted octanol–water partition coefficient (Wildman–Crippen LogP) is 5.64. The monoisotopic (exact) mass is 701 g/mol. The summed E-state index contributed by atoms with van der Waals surface area (Å²) >= 11 is 2.67. The number of nitrogens with zero attached hydrogens (tertiary/aromatic N) is 3. The highest BCUT2D eigenvalue weighted by Crippen LogP contribution is 2.44. The van der Waals surface area contributed by atoms with Gasteiger partial charge in [0.05, 0.1) is 69.6 Å². The summed E-state index contributed by atoms with van der Waals surface area (Å²) in [4.78, 5) is 18.7. The molecule has 0 spiro atoms. The van der Waals surface area contributed by atoms with E-state index in [9.17, 15) is 4.79 Å². The number of carbonyl (C=O) groups is 1. The van der Waals surface area contributed by atoms with Gasteiger partial charge in [0.1, 0.15) is 10.7 Å². The predicted molar refractivity (Wildman–Crippen MR) is 180 cm³/mol. The zero-order valence-corrected chi connectivity index (χ0v) is 29.5. The Balaban J connectivity index is 1.69. The lowest BCUT2D eigenvalue weighted by molar-refractivity contribution is 0.0515. The summed E-state index contributed by atoms with van der Waals surface area (Å²) in [5.41, 5.74) is 1.68. The maximum atomic E-state index is 13.3. The van der Waals surface area contributed by atoms with Gasteiger partial charge in [-0.25, -0.2) is 4.79 Å². The van der Waals surface area contributed by atoms with Crippen LogP contribution in [0, 0.1) is 0 Å². The maximum Gasteiger partial charge on any atom is 0.366 e. The van der Waals surface area contributed by atoms with Crippen molar-refractivity contribution in [2.24, 2.45) is 5.16 Å². The highest BCUT2D eigenvalue weighted by molar-refractivity contribution is 8.01. The van der Waals surface area contributed by atoms with Crippen LogP contribution in [-0.4, -0.2) is 91.6 Å². The van der Waals surface area contributed by atoms with Gasteiger partial charge in [-0.2, -0.15) is 0 Å². The Morgan fingerprint density at radius 3 is 1.67 bits per heavy atom. The van der Waals surface area contributed by atoms with Gasteiger partial charge in [-0.3, -0.25) is 0 Å². The minimum atomic E-state index is -0.767. The number of hydrogen-bond acceptors (Lipinski definition) is 16. The third-order valence-electron chi connectivity index (χ3n) is 6.80. The lowest BCUT2D eigenvalue weighted by Crippen LogP contribution is -2.11. The van der Waals surface area contributed by atoms with Gasteiger partial charge in [0.2, 0.25) is 17.2 Å². The second kappa shape index (κ2) is 16.6. The molecule has 0 fully saturated rings. The van der Waals surface area contributed by atoms with Crippen LogP contribution >= 0.6 is 23.1 Å². The highest BCUT2D eigenvalue weighted by Gasteiger charge is 2.23. The van der Waals surface area contributed by atoms with Crippen LogP contribution in [0.4, 0.5) is 0 Å². The Labute approximate surface area is 285 Å². The summed E-state index contributed by atoms with van der Waals surface area (Å²) in [5.74, 6) is 2.87. The van der Waals surface area contributed by atoms with Crippen molar-refractivity contribution in [3.8, 4) is 62.3 Å². The summed E-state index contributed by atoms with van der Waals surface area (Å²) < 4.78 is 49.8. The van der Waals surface area contributed by atoms with Crippen molar-refractivity contribution >= 4 is 34.8 Å². The molecule has 4 rings (SSSR count). The van der Waals surface area contributed by atoms with Crippen molar-refractivity contribution in [2.45, 2.75) is 4.34 Å². The number of carbonyl (C=O) groups excluding carboxylic acids is 1. The van der Waals surface area contributed by atoms with Gasteiger partial charge in [0, 0.05) is 16.9 Å². The summed E-state index contributed by atoms with van der Waals surface area (Å²) in [7, 11) is 13.5. The molecular formula is C32H35N3O11S2. The molecule has 0 saturated carbocycles. The Morgan fingerprint density at radius 1 is 0.646 bits per heavy atom. The summed E-state index contributed by atoms with van der Waals surface area (Å²) in [6.07, 6.45) is 0. The van der Waals surface area contributed by atoms with Crippen LogP contribution < -0.4 is 42.6 Å². The molecule has 16 heteroatoms. The van der Waals surface area contributed by atoms with Crippen LogP contribution in [0.5, 0.6) is 51.7 Å². The third kappa shape index (κ3) is 7.55. The zero-order valence-electron chi connectivity index (χ0n) is 27.8. The molecule has 4 aromatic rings. The number of hydrogen-bond donors (Lipinski definition) is 0. The molecule has 0 N–H and O–H groups in total. The van der Waals surface area contributed by atoms with Gasteiger partial charge in [-0.1, -0.05) is 28.3 Å². The zero-order chi connectivity index (χ0) is 34.8. The molecule has 0 amide bonds. The minimum Gasteiger partial charge on any atom is -0.493 e. The average Bonchev–Trinajstić information content (AvgIpc) is 3.61. The standard InChI is InChI=1S/C32H35N3O11S2/c1-37-21-11-10-19(26(42-6)29(21)45-9)20(35-46-31(36)18-14-24(40-4)28(44-8)25(15-18)41-5)16-47-32-34-33-30(48-32)17-12-22(38-2)27(43-7)23(13-17)39-3/h10-15H,16H2,1-9H3/b35-20-. The van der Waals surface area contributed by atoms with E-state index in [1.165, 1.54) is 85.0 Å². The van der Waals surface area contributed by atoms with Crippen molar-refractivity contribution in [1.82, 2.24) is 10.2 Å². The van der Waals surface area contributed by atoms with Crippen molar-refractivity contribution < 1.29 is 52.3 Å². The lowest BCUT2D eigenvalue weighted by atomic mass is 10.1.